The Hall–Kier alpha value is -1.13. The summed E-state index contributed by atoms with van der Waals surface area (Å²) in [6, 6.07) is 2.28. The summed E-state index contributed by atoms with van der Waals surface area (Å²) < 4.78 is 5.04. The average Bonchev–Trinajstić information content (AvgIpc) is 2.84. The smallest absolute Gasteiger partial charge is 0.107 e. The lowest BCUT2D eigenvalue weighted by molar-refractivity contribution is 0.538. The van der Waals surface area contributed by atoms with Gasteiger partial charge in [-0.1, -0.05) is 0 Å². The van der Waals surface area contributed by atoms with Crippen LogP contribution < -0.4 is 5.32 Å². The maximum absolute atomic E-state index is 5.04. The van der Waals surface area contributed by atoms with Crippen LogP contribution in [0.2, 0.25) is 0 Å². The highest BCUT2D eigenvalue weighted by Gasteiger charge is 2.06. The highest BCUT2D eigenvalue weighted by molar-refractivity contribution is 7.11. The first-order chi connectivity index (χ1) is 7.25. The van der Waals surface area contributed by atoms with Crippen LogP contribution in [0.1, 0.15) is 28.4 Å². The van der Waals surface area contributed by atoms with Crippen molar-refractivity contribution in [1.82, 2.24) is 10.3 Å². The van der Waals surface area contributed by atoms with E-state index in [-0.39, 0.29) is 0 Å². The number of aryl methyl sites for hydroxylation is 1. The summed E-state index contributed by atoms with van der Waals surface area (Å²) in [6.07, 6.45) is 5.37. The Morgan fingerprint density at radius 2 is 2.47 bits per heavy atom. The summed E-state index contributed by atoms with van der Waals surface area (Å²) >= 11 is 1.73. The Morgan fingerprint density at radius 3 is 3.07 bits per heavy atom. The minimum absolute atomic E-state index is 0.299. The molecule has 3 nitrogen and oxygen atoms in total. The summed E-state index contributed by atoms with van der Waals surface area (Å²) in [5, 5.41) is 4.53. The number of hydrogen-bond donors (Lipinski definition) is 1. The van der Waals surface area contributed by atoms with Gasteiger partial charge in [0.2, 0.25) is 0 Å². The Balaban J connectivity index is 1.88. The van der Waals surface area contributed by atoms with Crippen molar-refractivity contribution in [3.63, 3.8) is 0 Å². The highest BCUT2D eigenvalue weighted by atomic mass is 32.1. The Bertz CT molecular complexity index is 408. The molecule has 0 saturated heterocycles. The topological polar surface area (TPSA) is 38.1 Å². The van der Waals surface area contributed by atoms with Crippen molar-refractivity contribution in [3.05, 3.63) is 40.2 Å². The zero-order valence-corrected chi connectivity index (χ0v) is 9.67. The normalized spacial score (nSPS) is 12.9. The molecular formula is C11H14N2OS. The number of nitrogens with zero attached hydrogens (tertiary/aromatic N) is 1. The minimum atomic E-state index is 0.299. The van der Waals surface area contributed by atoms with Gasteiger partial charge in [-0.2, -0.15) is 0 Å². The second-order valence-corrected chi connectivity index (χ2v) is 4.84. The zero-order chi connectivity index (χ0) is 10.7. The maximum Gasteiger partial charge on any atom is 0.107 e. The van der Waals surface area contributed by atoms with E-state index in [1.807, 2.05) is 12.3 Å². The fourth-order valence-electron chi connectivity index (χ4n) is 1.36. The monoisotopic (exact) mass is 222 g/mol. The van der Waals surface area contributed by atoms with E-state index in [1.54, 1.807) is 23.9 Å². The van der Waals surface area contributed by atoms with E-state index in [1.165, 1.54) is 10.4 Å². The van der Waals surface area contributed by atoms with E-state index >= 15 is 0 Å². The predicted octanol–water partition coefficient (Wildman–Crippen LogP) is 2.90. The third kappa shape index (κ3) is 2.67. The largest absolute Gasteiger partial charge is 0.472 e. The first-order valence-electron chi connectivity index (χ1n) is 4.92. The Labute approximate surface area is 93.2 Å². The molecule has 0 aliphatic rings. The molecule has 2 rings (SSSR count). The van der Waals surface area contributed by atoms with Crippen LogP contribution in [0.5, 0.6) is 0 Å². The summed E-state index contributed by atoms with van der Waals surface area (Å²) in [4.78, 5) is 5.55. The number of aromatic nitrogens is 1. The molecule has 2 heterocycles. The number of furan rings is 1. The van der Waals surface area contributed by atoms with Gasteiger partial charge >= 0.3 is 0 Å². The second-order valence-electron chi connectivity index (χ2n) is 3.52. The third-order valence-electron chi connectivity index (χ3n) is 2.27. The fraction of sp³-hybridized carbons (Fsp3) is 0.364. The quantitative estimate of drug-likeness (QED) is 0.864. The molecule has 0 aliphatic carbocycles. The van der Waals surface area contributed by atoms with Crippen molar-refractivity contribution in [2.24, 2.45) is 0 Å². The predicted molar refractivity (Wildman–Crippen MR) is 60.8 cm³/mol. The first kappa shape index (κ1) is 10.4. The highest BCUT2D eigenvalue weighted by Crippen LogP contribution is 2.15. The first-order valence-corrected chi connectivity index (χ1v) is 5.74. The van der Waals surface area contributed by atoms with Crippen LogP contribution >= 0.6 is 11.3 Å². The zero-order valence-electron chi connectivity index (χ0n) is 8.86. The molecule has 1 unspecified atom stereocenters. The number of rotatable bonds is 4. The van der Waals surface area contributed by atoms with Gasteiger partial charge in [0, 0.05) is 29.2 Å². The van der Waals surface area contributed by atoms with Gasteiger partial charge in [0.05, 0.1) is 12.5 Å². The van der Waals surface area contributed by atoms with Gasteiger partial charge in [0.15, 0.2) is 0 Å². The molecule has 0 fully saturated rings. The summed E-state index contributed by atoms with van der Waals surface area (Å²) in [6.45, 7) is 5.00. The molecule has 0 saturated carbocycles. The van der Waals surface area contributed by atoms with Crippen LogP contribution in [-0.2, 0) is 6.54 Å². The van der Waals surface area contributed by atoms with Crippen molar-refractivity contribution in [2.75, 3.05) is 0 Å². The lowest BCUT2D eigenvalue weighted by Crippen LogP contribution is -2.17. The van der Waals surface area contributed by atoms with Crippen LogP contribution in [0.25, 0.3) is 0 Å². The molecule has 0 bridgehead atoms. The van der Waals surface area contributed by atoms with E-state index < -0.39 is 0 Å². The van der Waals surface area contributed by atoms with Crippen LogP contribution in [0, 0.1) is 6.92 Å². The van der Waals surface area contributed by atoms with Gasteiger partial charge in [-0.05, 0) is 19.9 Å². The molecular weight excluding hydrogens is 208 g/mol. The number of thiazole rings is 1. The fourth-order valence-corrected chi connectivity index (χ4v) is 2.10. The molecule has 2 aromatic heterocycles. The van der Waals surface area contributed by atoms with Gasteiger partial charge in [-0.3, -0.25) is 0 Å². The molecule has 0 aromatic carbocycles. The van der Waals surface area contributed by atoms with Crippen molar-refractivity contribution >= 4 is 11.3 Å². The van der Waals surface area contributed by atoms with Crippen LogP contribution in [0.4, 0.5) is 0 Å². The van der Waals surface area contributed by atoms with E-state index in [4.69, 9.17) is 4.42 Å². The molecule has 2 aromatic rings. The summed E-state index contributed by atoms with van der Waals surface area (Å²) in [5.74, 6) is 0. The van der Waals surface area contributed by atoms with Crippen LogP contribution in [0.15, 0.2) is 29.2 Å². The average molecular weight is 222 g/mol. The van der Waals surface area contributed by atoms with Gasteiger partial charge in [-0.25, -0.2) is 4.98 Å². The standard InChI is InChI=1S/C11H14N2OS/c1-8-5-13-11(15-8)6-12-9(2)10-3-4-14-7-10/h3-5,7,9,12H,6H2,1-2H3. The van der Waals surface area contributed by atoms with Crippen LogP contribution in [0.3, 0.4) is 0 Å². The van der Waals surface area contributed by atoms with E-state index in [0.29, 0.717) is 6.04 Å². The molecule has 15 heavy (non-hydrogen) atoms. The van der Waals surface area contributed by atoms with Gasteiger partial charge in [0.1, 0.15) is 5.01 Å². The maximum atomic E-state index is 5.04. The van der Waals surface area contributed by atoms with Crippen LogP contribution in [-0.4, -0.2) is 4.98 Å². The Morgan fingerprint density at radius 1 is 1.60 bits per heavy atom. The van der Waals surface area contributed by atoms with Crippen molar-refractivity contribution < 1.29 is 4.42 Å². The molecule has 1 atom stereocenters. The minimum Gasteiger partial charge on any atom is -0.472 e. The second kappa shape index (κ2) is 4.59. The summed E-state index contributed by atoms with van der Waals surface area (Å²) in [5.41, 5.74) is 1.17. The lowest BCUT2D eigenvalue weighted by Gasteiger charge is -2.09. The third-order valence-corrected chi connectivity index (χ3v) is 3.18. The number of nitrogens with one attached hydrogen (secondary N) is 1. The Kier molecular flexibility index (Phi) is 3.18. The molecule has 0 spiro atoms. The summed E-state index contributed by atoms with van der Waals surface area (Å²) in [7, 11) is 0. The van der Waals surface area contributed by atoms with Crippen molar-refractivity contribution in [3.8, 4) is 0 Å². The number of hydrogen-bond acceptors (Lipinski definition) is 4. The van der Waals surface area contributed by atoms with Gasteiger partial charge < -0.3 is 9.73 Å². The van der Waals surface area contributed by atoms with Crippen molar-refractivity contribution in [1.29, 1.82) is 0 Å². The van der Waals surface area contributed by atoms with E-state index in [0.717, 1.165) is 11.6 Å². The van der Waals surface area contributed by atoms with E-state index in [9.17, 15) is 0 Å². The molecule has 1 N–H and O–H groups in total. The molecule has 0 amide bonds. The lowest BCUT2D eigenvalue weighted by atomic mass is 10.2. The molecule has 0 aliphatic heterocycles. The van der Waals surface area contributed by atoms with Gasteiger partial charge in [-0.15, -0.1) is 11.3 Å². The molecule has 4 heteroatoms. The van der Waals surface area contributed by atoms with E-state index in [2.05, 4.69) is 24.1 Å². The molecule has 80 valence electrons. The SMILES string of the molecule is Cc1cnc(CNC(C)c2ccoc2)s1. The molecule has 0 radical (unpaired) electrons. The van der Waals surface area contributed by atoms with Gasteiger partial charge in [0.25, 0.3) is 0 Å². The van der Waals surface area contributed by atoms with Crippen molar-refractivity contribution in [2.45, 2.75) is 26.4 Å².